The van der Waals surface area contributed by atoms with Crippen molar-refractivity contribution < 1.29 is 8.42 Å². The van der Waals surface area contributed by atoms with Gasteiger partial charge in [0.2, 0.25) is 10.0 Å². The van der Waals surface area contributed by atoms with E-state index in [1.807, 2.05) is 0 Å². The van der Waals surface area contributed by atoms with Crippen molar-refractivity contribution in [1.29, 1.82) is 0 Å². The number of hydrogen-bond donors (Lipinski definition) is 0. The van der Waals surface area contributed by atoms with Gasteiger partial charge >= 0.3 is 0 Å². The molecule has 0 aromatic rings. The van der Waals surface area contributed by atoms with Gasteiger partial charge in [0.1, 0.15) is 0 Å². The van der Waals surface area contributed by atoms with Crippen molar-refractivity contribution in [2.75, 3.05) is 46.5 Å². The highest BCUT2D eigenvalue weighted by Gasteiger charge is 2.36. The van der Waals surface area contributed by atoms with Crippen LogP contribution in [0.4, 0.5) is 0 Å². The van der Waals surface area contributed by atoms with Crippen molar-refractivity contribution in [3.63, 3.8) is 0 Å². The highest BCUT2D eigenvalue weighted by molar-refractivity contribution is 7.88. The predicted octanol–water partition coefficient (Wildman–Crippen LogP) is 1.32. The normalized spacial score (nSPS) is 24.5. The minimum atomic E-state index is -3.12. The molecule has 2 atom stereocenters. The van der Waals surface area contributed by atoms with Gasteiger partial charge in [0, 0.05) is 45.3 Å². The fourth-order valence-corrected chi connectivity index (χ4v) is 3.32. The Bertz CT molecular complexity index is 436. The molecule has 6 heteroatoms. The zero-order chi connectivity index (χ0) is 16.4. The van der Waals surface area contributed by atoms with Crippen molar-refractivity contribution in [2.45, 2.75) is 46.2 Å². The molecule has 0 aromatic heterocycles. The van der Waals surface area contributed by atoms with E-state index in [2.05, 4.69) is 44.5 Å². The lowest BCUT2D eigenvalue weighted by Gasteiger charge is -2.48. The molecule has 0 aliphatic carbocycles. The lowest BCUT2D eigenvalue weighted by atomic mass is 9.81. The molecule has 0 saturated carbocycles. The molecule has 0 radical (unpaired) electrons. The van der Waals surface area contributed by atoms with E-state index < -0.39 is 10.0 Å². The fourth-order valence-electron chi connectivity index (χ4n) is 2.87. The first-order chi connectivity index (χ1) is 9.49. The quantitative estimate of drug-likeness (QED) is 0.741. The predicted molar refractivity (Wildman–Crippen MR) is 89.0 cm³/mol. The lowest BCUT2D eigenvalue weighted by molar-refractivity contribution is 0.00407. The van der Waals surface area contributed by atoms with Gasteiger partial charge in [0.15, 0.2) is 0 Å². The zero-order valence-corrected chi connectivity index (χ0v) is 15.6. The topological polar surface area (TPSA) is 43.9 Å². The van der Waals surface area contributed by atoms with E-state index in [4.69, 9.17) is 0 Å². The van der Waals surface area contributed by atoms with Crippen LogP contribution < -0.4 is 0 Å². The van der Waals surface area contributed by atoms with Crippen LogP contribution in [0.2, 0.25) is 0 Å². The molecule has 0 N–H and O–H groups in total. The molecule has 1 aliphatic heterocycles. The highest BCUT2D eigenvalue weighted by Crippen LogP contribution is 2.31. The van der Waals surface area contributed by atoms with Gasteiger partial charge in [-0.2, -0.15) is 0 Å². The summed E-state index contributed by atoms with van der Waals surface area (Å²) in [5.41, 5.74) is 0.234. The molecular weight excluding hydrogens is 286 g/mol. The molecule has 1 aliphatic rings. The van der Waals surface area contributed by atoms with Crippen LogP contribution >= 0.6 is 0 Å². The summed E-state index contributed by atoms with van der Waals surface area (Å²) in [7, 11) is 0.668. The van der Waals surface area contributed by atoms with Crippen LogP contribution in [0.25, 0.3) is 0 Å². The Hall–Kier alpha value is -0.170. The number of sulfonamides is 1. The number of rotatable bonds is 6. The van der Waals surface area contributed by atoms with E-state index in [9.17, 15) is 8.42 Å². The van der Waals surface area contributed by atoms with E-state index in [0.29, 0.717) is 12.6 Å². The van der Waals surface area contributed by atoms with Gasteiger partial charge in [0.05, 0.1) is 6.26 Å². The number of likely N-dealkylation sites (N-methyl/N-ethyl adjacent to an activating group) is 2. The molecule has 1 rings (SSSR count). The minimum Gasteiger partial charge on any atom is -0.303 e. The monoisotopic (exact) mass is 319 g/mol. The zero-order valence-electron chi connectivity index (χ0n) is 14.8. The Balaban J connectivity index is 2.89. The van der Waals surface area contributed by atoms with Crippen molar-refractivity contribution in [3.8, 4) is 0 Å². The van der Waals surface area contributed by atoms with E-state index in [-0.39, 0.29) is 11.5 Å². The molecule has 0 aromatic carbocycles. The maximum absolute atomic E-state index is 11.7. The second-order valence-electron chi connectivity index (χ2n) is 7.22. The summed E-state index contributed by atoms with van der Waals surface area (Å²) in [5.74, 6) is 0. The summed E-state index contributed by atoms with van der Waals surface area (Å²) >= 11 is 0. The van der Waals surface area contributed by atoms with Crippen LogP contribution in [0.1, 0.15) is 34.1 Å². The van der Waals surface area contributed by atoms with Crippen LogP contribution in [0.15, 0.2) is 0 Å². The summed E-state index contributed by atoms with van der Waals surface area (Å²) in [6.07, 6.45) is 2.40. The van der Waals surface area contributed by atoms with E-state index in [0.717, 1.165) is 26.1 Å². The smallest absolute Gasteiger partial charge is 0.211 e. The lowest BCUT2D eigenvalue weighted by Crippen LogP contribution is -2.61. The average Bonchev–Trinajstić information content (AvgIpc) is 2.37. The second kappa shape index (κ2) is 6.94. The average molecular weight is 320 g/mol. The Kier molecular flexibility index (Phi) is 6.24. The highest BCUT2D eigenvalue weighted by atomic mass is 32.2. The molecule has 0 spiro atoms. The molecule has 2 unspecified atom stereocenters. The van der Waals surface area contributed by atoms with E-state index in [1.54, 1.807) is 7.05 Å². The van der Waals surface area contributed by atoms with Crippen molar-refractivity contribution in [1.82, 2.24) is 14.1 Å². The second-order valence-corrected chi connectivity index (χ2v) is 9.30. The van der Waals surface area contributed by atoms with Crippen LogP contribution in [-0.2, 0) is 10.0 Å². The third-order valence-corrected chi connectivity index (χ3v) is 6.59. The van der Waals surface area contributed by atoms with Crippen LogP contribution in [0, 0.1) is 5.41 Å². The number of piperazine rings is 1. The van der Waals surface area contributed by atoms with Gasteiger partial charge < -0.3 is 4.90 Å². The molecule has 126 valence electrons. The minimum absolute atomic E-state index is 0.234. The van der Waals surface area contributed by atoms with Gasteiger partial charge in [-0.05, 0) is 25.8 Å². The summed E-state index contributed by atoms with van der Waals surface area (Å²) in [5, 5.41) is 0. The van der Waals surface area contributed by atoms with Crippen LogP contribution in [-0.4, -0.2) is 81.1 Å². The summed E-state index contributed by atoms with van der Waals surface area (Å²) in [6.45, 7) is 12.6. The van der Waals surface area contributed by atoms with Gasteiger partial charge in [-0.25, -0.2) is 12.7 Å². The summed E-state index contributed by atoms with van der Waals surface area (Å²) < 4.78 is 24.9. The molecule has 1 fully saturated rings. The van der Waals surface area contributed by atoms with Crippen molar-refractivity contribution in [3.05, 3.63) is 0 Å². The van der Waals surface area contributed by atoms with E-state index in [1.165, 1.54) is 10.6 Å². The SMILES string of the molecule is CCC(C)(C)C(C)N1CCN(C)CC1CN(C)S(C)(=O)=O. The maximum atomic E-state index is 11.7. The third-order valence-electron chi connectivity index (χ3n) is 5.31. The van der Waals surface area contributed by atoms with Gasteiger partial charge in [-0.1, -0.05) is 20.8 Å². The maximum Gasteiger partial charge on any atom is 0.211 e. The first-order valence-corrected chi connectivity index (χ1v) is 9.69. The van der Waals surface area contributed by atoms with Crippen molar-refractivity contribution in [2.24, 2.45) is 5.41 Å². The molecule has 0 amide bonds. The van der Waals surface area contributed by atoms with Gasteiger partial charge in [0.25, 0.3) is 0 Å². The Morgan fingerprint density at radius 2 is 1.90 bits per heavy atom. The summed E-state index contributed by atoms with van der Waals surface area (Å²) in [4.78, 5) is 4.80. The first kappa shape index (κ1) is 18.9. The number of hydrogen-bond acceptors (Lipinski definition) is 4. The molecular formula is C15H33N3O2S. The molecule has 0 bridgehead atoms. The third kappa shape index (κ3) is 4.91. The molecule has 1 saturated heterocycles. The Morgan fingerprint density at radius 3 is 2.38 bits per heavy atom. The van der Waals surface area contributed by atoms with Gasteiger partial charge in [-0.15, -0.1) is 0 Å². The molecule has 5 nitrogen and oxygen atoms in total. The van der Waals surface area contributed by atoms with Crippen LogP contribution in [0.3, 0.4) is 0 Å². The van der Waals surface area contributed by atoms with E-state index >= 15 is 0 Å². The summed E-state index contributed by atoms with van der Waals surface area (Å²) in [6, 6.07) is 0.693. The Labute approximate surface area is 131 Å². The largest absolute Gasteiger partial charge is 0.303 e. The number of nitrogens with zero attached hydrogens (tertiary/aromatic N) is 3. The fraction of sp³-hybridized carbons (Fsp3) is 1.00. The molecule has 21 heavy (non-hydrogen) atoms. The van der Waals surface area contributed by atoms with Crippen LogP contribution in [0.5, 0.6) is 0 Å². The van der Waals surface area contributed by atoms with Gasteiger partial charge in [-0.3, -0.25) is 4.90 Å². The van der Waals surface area contributed by atoms with Crippen molar-refractivity contribution >= 4 is 10.0 Å². The first-order valence-electron chi connectivity index (χ1n) is 7.84. The standard InChI is InChI=1S/C15H33N3O2S/c1-8-15(3,4)13(2)18-10-9-16(5)11-14(18)12-17(6)21(7,19)20/h13-14H,8-12H2,1-7H3. The Morgan fingerprint density at radius 1 is 1.33 bits per heavy atom. The molecule has 1 heterocycles.